The molecule has 0 saturated heterocycles. The summed E-state index contributed by atoms with van der Waals surface area (Å²) in [5.41, 5.74) is 3.13. The third-order valence-corrected chi connectivity index (χ3v) is 4.27. The number of hydrogen-bond donors (Lipinski definition) is 1. The molecule has 3 nitrogen and oxygen atoms in total. The molecule has 1 aromatic carbocycles. The van der Waals surface area contributed by atoms with Crippen molar-refractivity contribution in [1.82, 2.24) is 10.3 Å². The molecule has 0 spiro atoms. The van der Waals surface area contributed by atoms with Crippen molar-refractivity contribution in [3.05, 3.63) is 51.5 Å². The monoisotopic (exact) mass is 299 g/mol. The van der Waals surface area contributed by atoms with Gasteiger partial charge in [0.05, 0.1) is 17.3 Å². The normalized spacial score (nSPS) is 12.9. The predicted octanol–water partition coefficient (Wildman–Crippen LogP) is 4.16. The van der Waals surface area contributed by atoms with Crippen molar-refractivity contribution in [3.8, 4) is 6.07 Å². The molecule has 0 radical (unpaired) electrons. The summed E-state index contributed by atoms with van der Waals surface area (Å²) in [4.78, 5) is 4.69. The molecule has 1 aromatic heterocycles. The Balaban J connectivity index is 1.96. The Morgan fingerprint density at radius 2 is 1.95 bits per heavy atom. The van der Waals surface area contributed by atoms with E-state index in [1.54, 1.807) is 11.3 Å². The molecule has 1 unspecified atom stereocenters. The first kappa shape index (κ1) is 15.7. The van der Waals surface area contributed by atoms with Crippen LogP contribution in [0.3, 0.4) is 0 Å². The SMILES string of the molecule is CC(NCc1nc(C(C)(C)C)cs1)c1ccc(C#N)cc1. The van der Waals surface area contributed by atoms with E-state index in [0.29, 0.717) is 5.56 Å². The summed E-state index contributed by atoms with van der Waals surface area (Å²) in [7, 11) is 0. The maximum Gasteiger partial charge on any atom is 0.107 e. The van der Waals surface area contributed by atoms with E-state index in [-0.39, 0.29) is 11.5 Å². The topological polar surface area (TPSA) is 48.7 Å². The van der Waals surface area contributed by atoms with Crippen molar-refractivity contribution in [2.45, 2.75) is 45.7 Å². The van der Waals surface area contributed by atoms with Gasteiger partial charge in [-0.3, -0.25) is 0 Å². The van der Waals surface area contributed by atoms with Crippen LogP contribution in [0.15, 0.2) is 29.6 Å². The van der Waals surface area contributed by atoms with Crippen LogP contribution in [-0.2, 0) is 12.0 Å². The molecule has 1 N–H and O–H groups in total. The first-order valence-corrected chi connectivity index (χ1v) is 7.96. The van der Waals surface area contributed by atoms with E-state index in [1.807, 2.05) is 24.3 Å². The summed E-state index contributed by atoms with van der Waals surface area (Å²) in [5, 5.41) is 15.6. The number of benzene rings is 1. The molecule has 0 amide bonds. The Kier molecular flexibility index (Phi) is 4.76. The van der Waals surface area contributed by atoms with Crippen molar-refractivity contribution in [1.29, 1.82) is 5.26 Å². The molecular formula is C17H21N3S. The molecular weight excluding hydrogens is 278 g/mol. The number of aromatic nitrogens is 1. The number of nitriles is 1. The van der Waals surface area contributed by atoms with Crippen LogP contribution in [0.2, 0.25) is 0 Å². The van der Waals surface area contributed by atoms with Gasteiger partial charge in [-0.1, -0.05) is 32.9 Å². The van der Waals surface area contributed by atoms with E-state index in [2.05, 4.69) is 49.4 Å². The van der Waals surface area contributed by atoms with Crippen LogP contribution in [0.25, 0.3) is 0 Å². The Bertz CT molecular complexity index is 629. The van der Waals surface area contributed by atoms with E-state index < -0.39 is 0 Å². The van der Waals surface area contributed by atoms with Crippen LogP contribution in [0.1, 0.15) is 55.6 Å². The second-order valence-corrected chi connectivity index (χ2v) is 7.16. The largest absolute Gasteiger partial charge is 0.304 e. The molecule has 4 heteroatoms. The minimum absolute atomic E-state index is 0.105. The molecule has 1 atom stereocenters. The fourth-order valence-corrected chi connectivity index (χ4v) is 2.91. The first-order valence-electron chi connectivity index (χ1n) is 7.08. The van der Waals surface area contributed by atoms with Gasteiger partial charge in [-0.2, -0.15) is 5.26 Å². The van der Waals surface area contributed by atoms with Crippen molar-refractivity contribution in [2.75, 3.05) is 0 Å². The fourth-order valence-electron chi connectivity index (χ4n) is 1.94. The highest BCUT2D eigenvalue weighted by molar-refractivity contribution is 7.09. The molecule has 0 aliphatic rings. The van der Waals surface area contributed by atoms with Gasteiger partial charge in [-0.25, -0.2) is 4.98 Å². The van der Waals surface area contributed by atoms with Gasteiger partial charge in [0.15, 0.2) is 0 Å². The lowest BCUT2D eigenvalue weighted by Crippen LogP contribution is -2.18. The molecule has 1 heterocycles. The molecule has 0 aliphatic carbocycles. The van der Waals surface area contributed by atoms with E-state index in [4.69, 9.17) is 5.26 Å². The molecule has 0 aliphatic heterocycles. The Morgan fingerprint density at radius 1 is 1.29 bits per heavy atom. The predicted molar refractivity (Wildman–Crippen MR) is 87.2 cm³/mol. The van der Waals surface area contributed by atoms with E-state index >= 15 is 0 Å². The highest BCUT2D eigenvalue weighted by Crippen LogP contribution is 2.24. The van der Waals surface area contributed by atoms with Crippen LogP contribution in [0.4, 0.5) is 0 Å². The maximum atomic E-state index is 8.81. The van der Waals surface area contributed by atoms with E-state index in [0.717, 1.165) is 17.2 Å². The van der Waals surface area contributed by atoms with Gasteiger partial charge in [-0.05, 0) is 24.6 Å². The Morgan fingerprint density at radius 3 is 2.48 bits per heavy atom. The van der Waals surface area contributed by atoms with Crippen LogP contribution < -0.4 is 5.32 Å². The number of hydrogen-bond acceptors (Lipinski definition) is 4. The van der Waals surface area contributed by atoms with Crippen molar-refractivity contribution in [2.24, 2.45) is 0 Å². The molecule has 2 aromatic rings. The van der Waals surface area contributed by atoms with Gasteiger partial charge in [0.25, 0.3) is 0 Å². The number of nitrogens with one attached hydrogen (secondary N) is 1. The molecule has 0 fully saturated rings. The van der Waals surface area contributed by atoms with Gasteiger partial charge >= 0.3 is 0 Å². The summed E-state index contributed by atoms with van der Waals surface area (Å²) in [5.74, 6) is 0. The first-order chi connectivity index (χ1) is 9.90. The molecule has 0 saturated carbocycles. The zero-order valence-corrected chi connectivity index (χ0v) is 13.8. The Labute approximate surface area is 130 Å². The quantitative estimate of drug-likeness (QED) is 0.922. The van der Waals surface area contributed by atoms with Gasteiger partial charge < -0.3 is 5.32 Å². The van der Waals surface area contributed by atoms with Crippen molar-refractivity contribution in [3.63, 3.8) is 0 Å². The standard InChI is InChI=1S/C17H21N3S/c1-12(14-7-5-13(9-18)6-8-14)19-10-16-20-15(11-21-16)17(2,3)4/h5-8,11-12,19H,10H2,1-4H3. The number of rotatable bonds is 4. The van der Waals surface area contributed by atoms with Crippen molar-refractivity contribution >= 4 is 11.3 Å². The van der Waals surface area contributed by atoms with Gasteiger partial charge in [0.2, 0.25) is 0 Å². The maximum absolute atomic E-state index is 8.81. The second-order valence-electron chi connectivity index (χ2n) is 6.21. The smallest absolute Gasteiger partial charge is 0.107 e. The minimum Gasteiger partial charge on any atom is -0.304 e. The highest BCUT2D eigenvalue weighted by Gasteiger charge is 2.17. The average Bonchev–Trinajstić information content (AvgIpc) is 2.94. The zero-order valence-electron chi connectivity index (χ0n) is 13.0. The lowest BCUT2D eigenvalue weighted by atomic mass is 9.93. The zero-order chi connectivity index (χ0) is 15.5. The fraction of sp³-hybridized carbons (Fsp3) is 0.412. The van der Waals surface area contributed by atoms with Crippen LogP contribution in [-0.4, -0.2) is 4.98 Å². The third kappa shape index (κ3) is 4.13. The van der Waals surface area contributed by atoms with Gasteiger partial charge in [0, 0.05) is 23.4 Å². The van der Waals surface area contributed by atoms with E-state index in [9.17, 15) is 0 Å². The summed E-state index contributed by atoms with van der Waals surface area (Å²) in [6.07, 6.45) is 0. The Hall–Kier alpha value is -1.70. The second kappa shape index (κ2) is 6.38. The van der Waals surface area contributed by atoms with Gasteiger partial charge in [0.1, 0.15) is 5.01 Å². The lowest BCUT2D eigenvalue weighted by molar-refractivity contribution is 0.554. The molecule has 21 heavy (non-hydrogen) atoms. The summed E-state index contributed by atoms with van der Waals surface area (Å²) in [6.45, 7) is 9.43. The van der Waals surface area contributed by atoms with E-state index in [1.165, 1.54) is 5.56 Å². The number of thiazole rings is 1. The summed E-state index contributed by atoms with van der Waals surface area (Å²) in [6, 6.07) is 10.1. The van der Waals surface area contributed by atoms with Crippen LogP contribution in [0, 0.1) is 11.3 Å². The van der Waals surface area contributed by atoms with Crippen LogP contribution >= 0.6 is 11.3 Å². The minimum atomic E-state index is 0.105. The molecule has 0 bridgehead atoms. The van der Waals surface area contributed by atoms with Gasteiger partial charge in [-0.15, -0.1) is 11.3 Å². The number of nitrogens with zero attached hydrogens (tertiary/aromatic N) is 2. The third-order valence-electron chi connectivity index (χ3n) is 3.42. The van der Waals surface area contributed by atoms with Crippen LogP contribution in [0.5, 0.6) is 0 Å². The summed E-state index contributed by atoms with van der Waals surface area (Å²) < 4.78 is 0. The molecule has 110 valence electrons. The molecule has 2 rings (SSSR count). The highest BCUT2D eigenvalue weighted by atomic mass is 32.1. The van der Waals surface area contributed by atoms with Crippen molar-refractivity contribution < 1.29 is 0 Å². The summed E-state index contributed by atoms with van der Waals surface area (Å²) >= 11 is 1.70. The average molecular weight is 299 g/mol. The lowest BCUT2D eigenvalue weighted by Gasteiger charge is -2.15.